The smallest absolute Gasteiger partial charge is 0.330 e. The average molecular weight is 1420 g/mol. The maximum atomic E-state index is 13.8. The number of carbonyl (C=O) groups excluding carboxylic acids is 4. The summed E-state index contributed by atoms with van der Waals surface area (Å²) in [4.78, 5) is 51.9. The molecule has 10 unspecified atom stereocenters. The number of ether oxygens (including phenoxy) is 8. The Balaban J connectivity index is 0.924. The molecule has 2 aliphatic carbocycles. The maximum Gasteiger partial charge on any atom is 0.330 e. The molecule has 1 aromatic rings. The highest BCUT2D eigenvalue weighted by molar-refractivity contribution is 6.22. The number of hydrogen-bond acceptors (Lipinski definition) is 25. The number of rotatable bonds is 16. The van der Waals surface area contributed by atoms with Crippen molar-refractivity contribution in [1.29, 1.82) is 0 Å². The van der Waals surface area contributed by atoms with E-state index in [-0.39, 0.29) is 74.6 Å². The van der Waals surface area contributed by atoms with Crippen LogP contribution in [0.1, 0.15) is 186 Å². The van der Waals surface area contributed by atoms with Gasteiger partial charge < -0.3 is 104 Å². The summed E-state index contributed by atoms with van der Waals surface area (Å²) in [5, 5.41) is 147. The minimum Gasteiger partial charge on any atom is -0.459 e. The van der Waals surface area contributed by atoms with E-state index in [1.165, 1.54) is 31.4 Å². The Morgan fingerprint density at radius 2 is 1.30 bits per heavy atom. The van der Waals surface area contributed by atoms with Crippen LogP contribution in [0.15, 0.2) is 60.2 Å². The lowest BCUT2D eigenvalue weighted by Gasteiger charge is -2.48. The Morgan fingerprint density at radius 3 is 1.97 bits per heavy atom. The summed E-state index contributed by atoms with van der Waals surface area (Å²) >= 11 is 0. The van der Waals surface area contributed by atoms with E-state index in [0.29, 0.717) is 48.8 Å². The number of fused-ring (bicyclic) bond motifs is 4. The van der Waals surface area contributed by atoms with Gasteiger partial charge in [0.15, 0.2) is 24.1 Å². The lowest BCUT2D eigenvalue weighted by molar-refractivity contribution is -0.290. The number of esters is 2. The second-order valence-corrected chi connectivity index (χ2v) is 30.1. The Hall–Kier alpha value is -4.30. The first-order chi connectivity index (χ1) is 47.0. The predicted octanol–water partition coefficient (Wildman–Crippen LogP) is 4.25. The van der Waals surface area contributed by atoms with Gasteiger partial charge in [-0.05, 0) is 140 Å². The van der Waals surface area contributed by atoms with Gasteiger partial charge >= 0.3 is 11.9 Å². The van der Waals surface area contributed by atoms with E-state index in [1.54, 1.807) is 99.6 Å². The van der Waals surface area contributed by atoms with Crippen molar-refractivity contribution in [3.8, 4) is 0 Å². The van der Waals surface area contributed by atoms with Gasteiger partial charge in [-0.1, -0.05) is 71.9 Å². The monoisotopic (exact) mass is 1420 g/mol. The van der Waals surface area contributed by atoms with Gasteiger partial charge in [-0.25, -0.2) is 4.79 Å². The number of epoxide rings is 1. The first-order valence-corrected chi connectivity index (χ1v) is 36.1. The van der Waals surface area contributed by atoms with Crippen molar-refractivity contribution in [2.24, 2.45) is 47.3 Å². The highest BCUT2D eigenvalue weighted by Crippen LogP contribution is 2.43. The van der Waals surface area contributed by atoms with E-state index in [4.69, 9.17) is 37.9 Å². The van der Waals surface area contributed by atoms with Crippen LogP contribution in [0.25, 0.3) is 6.08 Å². The lowest BCUT2D eigenvalue weighted by Crippen LogP contribution is -2.64. The fourth-order valence-electron chi connectivity index (χ4n) is 15.2. The molecule has 7 rings (SSSR count). The fraction of sp³-hybridized carbons (Fsp3) is 0.760. The molecule has 25 heteroatoms. The van der Waals surface area contributed by atoms with Gasteiger partial charge in [-0.2, -0.15) is 0 Å². The maximum absolute atomic E-state index is 13.8. The highest BCUT2D eigenvalue weighted by Gasteiger charge is 2.55. The first-order valence-electron chi connectivity index (χ1n) is 36.1. The van der Waals surface area contributed by atoms with Crippen molar-refractivity contribution in [3.63, 3.8) is 0 Å². The third kappa shape index (κ3) is 21.7. The van der Waals surface area contributed by atoms with Gasteiger partial charge in [0, 0.05) is 79.6 Å². The third-order valence-corrected chi connectivity index (χ3v) is 22.2. The number of methoxy groups -OCH3 is 1. The molecule has 4 heterocycles. The summed E-state index contributed by atoms with van der Waals surface area (Å²) < 4.78 is 49.1. The Morgan fingerprint density at radius 1 is 0.660 bits per heavy atom. The summed E-state index contributed by atoms with van der Waals surface area (Å²) in [7, 11) is 1.42. The van der Waals surface area contributed by atoms with Crippen molar-refractivity contribution in [3.05, 3.63) is 76.9 Å². The molecule has 0 radical (unpaired) electrons. The van der Waals surface area contributed by atoms with Crippen molar-refractivity contribution in [2.45, 2.75) is 306 Å². The topological polar surface area (TPSA) is 408 Å². The number of cyclic esters (lactones) is 1. The third-order valence-electron chi connectivity index (χ3n) is 22.2. The van der Waals surface area contributed by atoms with Crippen LogP contribution in [0.2, 0.25) is 0 Å². The van der Waals surface area contributed by atoms with Crippen LogP contribution in [0.3, 0.4) is 0 Å². The molecular formula is C75H116O25. The number of hydrogen-bond donors (Lipinski definition) is 13. The zero-order valence-electron chi connectivity index (χ0n) is 60.1. The number of aliphatic hydroxyl groups is 13. The highest BCUT2D eigenvalue weighted by atomic mass is 16.7. The quantitative estimate of drug-likeness (QED) is 0.0625. The molecule has 25 nitrogen and oxygen atoms in total. The first kappa shape index (κ1) is 83.0. The van der Waals surface area contributed by atoms with Crippen LogP contribution >= 0.6 is 0 Å². The molecule has 32 atom stereocenters. The summed E-state index contributed by atoms with van der Waals surface area (Å²) in [5.74, 6) is -7.73. The standard InChI is InChI=1S/C75H116O25/c1-36-17-24-62(84)99-69(43(8)70-71(100-70)58(82)34-51(78)31-50(77)32-52(93-12)28-48-30-59(83)72(89)75(92,35-48)73(90)66(86)37(2)15-13-14-16-49(76)33-57(36)81)41(6)68(88)40(5)67(87)39(4)44(9)94-63-25-22-60(45(10)95-63)97-64-26-23-61(46(11)96-64)98-74(91)42(7)65(85)38(3)27-47-18-19-53-54(29-47)56(80)21-20-55(53)79/h14,16-21,24,27,29,36-37,39-46,48-52,57-61,63-73,76-78,81-83,85-90,92H,13,15,22-23,25-26,28,30-35H2,1-12H3/b16-14+,24-17+,38-27+/t36-,37+,39-,40+,41-,42?,43-,44+,45?,46?,48+,49+,50-,51-,52+,57-,58+,59+,60?,61?,63?,64?,65?,66+,67-,68-,69?,70?,71+,72-,73-,75+/m0/s1. The average Bonchev–Trinajstić information content (AvgIpc) is 1.27. The zero-order valence-corrected chi connectivity index (χ0v) is 60.1. The van der Waals surface area contributed by atoms with E-state index in [9.17, 15) is 85.6 Å². The van der Waals surface area contributed by atoms with Gasteiger partial charge in [0.2, 0.25) is 0 Å². The van der Waals surface area contributed by atoms with Crippen molar-refractivity contribution in [2.75, 3.05) is 7.11 Å². The Bertz CT molecular complexity index is 2940. The van der Waals surface area contributed by atoms with Crippen molar-refractivity contribution < 1.29 is 123 Å². The second kappa shape index (κ2) is 37.1. The van der Waals surface area contributed by atoms with Gasteiger partial charge in [0.25, 0.3) is 0 Å². The number of allylic oxidation sites excluding steroid dienone is 3. The summed E-state index contributed by atoms with van der Waals surface area (Å²) in [6.45, 7) is 18.9. The Labute approximate surface area is 588 Å². The Kier molecular flexibility index (Phi) is 30.8. The molecule has 3 saturated heterocycles. The summed E-state index contributed by atoms with van der Waals surface area (Å²) in [6, 6.07) is 4.83. The number of ketones is 2. The minimum atomic E-state index is -2.31. The fourth-order valence-corrected chi connectivity index (χ4v) is 15.2. The number of carbonyl (C=O) groups is 4. The molecule has 0 amide bonds. The molecule has 0 aromatic heterocycles. The molecule has 1 saturated carbocycles. The van der Waals surface area contributed by atoms with Gasteiger partial charge in [0.05, 0.1) is 104 Å². The van der Waals surface area contributed by atoms with Crippen molar-refractivity contribution >= 4 is 29.6 Å². The van der Waals surface area contributed by atoms with Crippen LogP contribution < -0.4 is 0 Å². The largest absolute Gasteiger partial charge is 0.459 e. The summed E-state index contributed by atoms with van der Waals surface area (Å²) in [5.41, 5.74) is -0.682. The predicted molar refractivity (Wildman–Crippen MR) is 364 cm³/mol. The van der Waals surface area contributed by atoms with Crippen LogP contribution in [0, 0.1) is 47.3 Å². The molecular weight excluding hydrogens is 1300 g/mol. The van der Waals surface area contributed by atoms with Crippen LogP contribution in [0.5, 0.6) is 0 Å². The molecule has 13 N–H and O–H groups in total. The SMILES string of the molecule is CO[C@H]1C[C@@H](O)C[C@H](O)C[C@@H](O)[C@H]2OC2[C@@H](C)C([C@@H](C)[C@@H](O)[C@H](C)[C@@H](O)[C@@H](C)[C@@H](C)OC2CCC(OC3CCC(OC(=O)C(C)C(O)/C(C)=C/c4ccc5c(c4)C(=O)C=CC5=O)C(C)O3)C(C)O2)OC(=O)/C=C/[C@H](C)[C@@H](O)C[C@H](O)/C=C/CC[C@@H](C)[C@@H](O)[C@H](O)[C@@]2(O)C[C@H](C1)C[C@@H](O)[C@@H]2O. The van der Waals surface area contributed by atoms with Gasteiger partial charge in [0.1, 0.15) is 36.1 Å². The van der Waals surface area contributed by atoms with E-state index >= 15 is 0 Å². The van der Waals surface area contributed by atoms with E-state index in [2.05, 4.69) is 0 Å². The van der Waals surface area contributed by atoms with Crippen LogP contribution in [-0.2, 0) is 47.5 Å². The number of benzene rings is 1. The lowest BCUT2D eigenvalue weighted by atomic mass is 9.68. The van der Waals surface area contributed by atoms with E-state index in [1.807, 2.05) is 6.92 Å². The molecule has 4 fully saturated rings. The molecule has 6 aliphatic rings. The molecule has 100 heavy (non-hydrogen) atoms. The van der Waals surface area contributed by atoms with E-state index < -0.39 is 200 Å². The molecule has 0 spiro atoms. The zero-order chi connectivity index (χ0) is 73.9. The normalized spacial score (nSPS) is 40.5. The van der Waals surface area contributed by atoms with E-state index in [0.717, 1.165) is 6.08 Å². The molecule has 566 valence electrons. The molecule has 1 aromatic carbocycles. The number of aliphatic hydroxyl groups excluding tert-OH is 12. The van der Waals surface area contributed by atoms with Crippen LogP contribution in [-0.4, -0.2) is 243 Å². The van der Waals surface area contributed by atoms with Gasteiger partial charge in [-0.15, -0.1) is 0 Å². The van der Waals surface area contributed by atoms with Gasteiger partial charge in [-0.3, -0.25) is 14.4 Å². The minimum absolute atomic E-state index is 0.00135. The summed E-state index contributed by atoms with van der Waals surface area (Å²) in [6.07, 6.45) is -11.7. The molecule has 2 bridgehead atoms. The second-order valence-electron chi connectivity index (χ2n) is 30.1. The molecule has 4 aliphatic heterocycles. The van der Waals surface area contributed by atoms with Crippen molar-refractivity contribution in [1.82, 2.24) is 0 Å². The van der Waals surface area contributed by atoms with Crippen LogP contribution in [0.4, 0.5) is 0 Å².